The van der Waals surface area contributed by atoms with Gasteiger partial charge in [-0.1, -0.05) is 26.2 Å². The van der Waals surface area contributed by atoms with E-state index >= 15 is 0 Å². The fourth-order valence-electron chi connectivity index (χ4n) is 5.57. The fraction of sp³-hybridized carbons (Fsp3) is 0.531. The first-order chi connectivity index (χ1) is 20.7. The number of fused-ring (bicyclic) bond motifs is 1. The summed E-state index contributed by atoms with van der Waals surface area (Å²) in [6.07, 6.45) is 4.97. The maximum Gasteiger partial charge on any atom is 0.321 e. The number of carbonyl (C=O) groups is 3. The van der Waals surface area contributed by atoms with Crippen molar-refractivity contribution in [1.29, 1.82) is 0 Å². The lowest BCUT2D eigenvalue weighted by atomic mass is 9.96. The molecule has 11 heteroatoms. The highest BCUT2D eigenvalue weighted by Gasteiger charge is 2.32. The second-order valence-electron chi connectivity index (χ2n) is 11.7. The smallest absolute Gasteiger partial charge is 0.321 e. The number of amides is 5. The molecule has 0 radical (unpaired) electrons. The Morgan fingerprint density at radius 1 is 1.09 bits per heavy atom. The first-order valence-corrected chi connectivity index (χ1v) is 15.1. The summed E-state index contributed by atoms with van der Waals surface area (Å²) in [6, 6.07) is 11.6. The van der Waals surface area contributed by atoms with Gasteiger partial charge in [0.25, 0.3) is 0 Å². The van der Waals surface area contributed by atoms with E-state index < -0.39 is 12.1 Å². The molecular formula is C32H45N5O6. The fourth-order valence-corrected chi connectivity index (χ4v) is 5.57. The van der Waals surface area contributed by atoms with Gasteiger partial charge in [-0.15, -0.1) is 0 Å². The van der Waals surface area contributed by atoms with Crippen LogP contribution in [0.1, 0.15) is 51.5 Å². The minimum Gasteiger partial charge on any atom is -0.497 e. The third-order valence-electron chi connectivity index (χ3n) is 8.26. The summed E-state index contributed by atoms with van der Waals surface area (Å²) in [6.45, 7) is 4.20. The average Bonchev–Trinajstić information content (AvgIpc) is 3.04. The molecule has 1 aliphatic heterocycles. The Bertz CT molecular complexity index is 1250. The summed E-state index contributed by atoms with van der Waals surface area (Å²) in [5.74, 6) is 0.899. The second-order valence-corrected chi connectivity index (χ2v) is 11.7. The summed E-state index contributed by atoms with van der Waals surface area (Å²) < 4.78 is 11.7. The Balaban J connectivity index is 1.52. The van der Waals surface area contributed by atoms with Crippen molar-refractivity contribution in [2.75, 3.05) is 44.5 Å². The number of rotatable bonds is 8. The molecule has 0 unspecified atom stereocenters. The molecule has 1 fully saturated rings. The number of aliphatic hydroxyl groups excluding tert-OH is 1. The molecule has 4 rings (SSSR count). The van der Waals surface area contributed by atoms with Crippen molar-refractivity contribution in [2.45, 2.75) is 70.6 Å². The van der Waals surface area contributed by atoms with E-state index in [4.69, 9.17) is 9.47 Å². The van der Waals surface area contributed by atoms with Crippen LogP contribution in [0.4, 0.5) is 21.0 Å². The number of urea groups is 2. The normalized spacial score (nSPS) is 19.9. The summed E-state index contributed by atoms with van der Waals surface area (Å²) >= 11 is 0. The van der Waals surface area contributed by atoms with Gasteiger partial charge in [-0.05, 0) is 62.2 Å². The number of carbonyl (C=O) groups excluding carboxylic acids is 3. The van der Waals surface area contributed by atoms with Crippen LogP contribution in [0.5, 0.6) is 11.5 Å². The van der Waals surface area contributed by atoms with E-state index in [2.05, 4.69) is 16.0 Å². The van der Waals surface area contributed by atoms with E-state index in [1.54, 1.807) is 73.3 Å². The molecule has 5 amide bonds. The topological polar surface area (TPSA) is 132 Å². The van der Waals surface area contributed by atoms with Crippen LogP contribution in [0.25, 0.3) is 0 Å². The maximum absolute atomic E-state index is 13.5. The van der Waals surface area contributed by atoms with Crippen LogP contribution in [0.3, 0.4) is 0 Å². The van der Waals surface area contributed by atoms with Gasteiger partial charge >= 0.3 is 12.1 Å². The largest absolute Gasteiger partial charge is 0.497 e. The van der Waals surface area contributed by atoms with Gasteiger partial charge in [0.2, 0.25) is 5.91 Å². The Kier molecular flexibility index (Phi) is 11.1. The number of hydrogen-bond donors (Lipinski definition) is 4. The van der Waals surface area contributed by atoms with Crippen LogP contribution in [-0.4, -0.2) is 84.9 Å². The van der Waals surface area contributed by atoms with Crippen molar-refractivity contribution in [2.24, 2.45) is 5.92 Å². The van der Waals surface area contributed by atoms with Crippen molar-refractivity contribution in [3.05, 3.63) is 48.0 Å². The summed E-state index contributed by atoms with van der Waals surface area (Å²) in [5.41, 5.74) is 1.82. The minimum atomic E-state index is -0.460. The molecule has 2 aromatic carbocycles. The van der Waals surface area contributed by atoms with Crippen LogP contribution >= 0.6 is 0 Å². The number of methoxy groups -OCH3 is 1. The van der Waals surface area contributed by atoms with Gasteiger partial charge in [0.05, 0.1) is 32.7 Å². The quantitative estimate of drug-likeness (QED) is 0.356. The van der Waals surface area contributed by atoms with Gasteiger partial charge in [0.15, 0.2) is 0 Å². The first-order valence-electron chi connectivity index (χ1n) is 15.1. The number of nitrogens with one attached hydrogen (secondary N) is 3. The predicted molar refractivity (Wildman–Crippen MR) is 166 cm³/mol. The number of ether oxygens (including phenoxy) is 2. The lowest BCUT2D eigenvalue weighted by molar-refractivity contribution is -0.134. The zero-order chi connectivity index (χ0) is 30.9. The van der Waals surface area contributed by atoms with Gasteiger partial charge in [-0.3, -0.25) is 4.79 Å². The Morgan fingerprint density at radius 2 is 1.79 bits per heavy atom. The van der Waals surface area contributed by atoms with Crippen molar-refractivity contribution < 1.29 is 29.0 Å². The van der Waals surface area contributed by atoms with E-state index in [0.29, 0.717) is 35.0 Å². The Labute approximate surface area is 253 Å². The third-order valence-corrected chi connectivity index (χ3v) is 8.26. The monoisotopic (exact) mass is 595 g/mol. The van der Waals surface area contributed by atoms with E-state index in [1.165, 1.54) is 6.42 Å². The Morgan fingerprint density at radius 3 is 2.47 bits per heavy atom. The molecule has 0 aromatic heterocycles. The highest BCUT2D eigenvalue weighted by molar-refractivity contribution is 5.90. The van der Waals surface area contributed by atoms with Crippen LogP contribution < -0.4 is 25.4 Å². The molecule has 1 aliphatic carbocycles. The number of aliphatic hydroxyl groups is 1. The molecule has 43 heavy (non-hydrogen) atoms. The molecule has 2 aliphatic rings. The number of anilines is 2. The molecular weight excluding hydrogens is 550 g/mol. The van der Waals surface area contributed by atoms with Gasteiger partial charge in [-0.25, -0.2) is 9.59 Å². The molecule has 1 saturated carbocycles. The molecule has 2 aromatic rings. The molecule has 234 valence electrons. The van der Waals surface area contributed by atoms with Crippen molar-refractivity contribution in [1.82, 2.24) is 15.1 Å². The van der Waals surface area contributed by atoms with Crippen molar-refractivity contribution >= 4 is 29.3 Å². The maximum atomic E-state index is 13.5. The van der Waals surface area contributed by atoms with Crippen LogP contribution in [0.15, 0.2) is 42.5 Å². The van der Waals surface area contributed by atoms with Crippen LogP contribution in [0.2, 0.25) is 0 Å². The lowest BCUT2D eigenvalue weighted by Gasteiger charge is -2.34. The Hall–Kier alpha value is -3.99. The number of nitrogens with zero attached hydrogens (tertiary/aromatic N) is 2. The molecule has 0 saturated heterocycles. The first kappa shape index (κ1) is 31.9. The number of hydrogen-bond acceptors (Lipinski definition) is 6. The zero-order valence-corrected chi connectivity index (χ0v) is 25.6. The molecule has 0 spiro atoms. The number of likely N-dealkylation sites (N-methyl/N-ethyl adjacent to an activating group) is 1. The van der Waals surface area contributed by atoms with Crippen LogP contribution in [-0.2, 0) is 11.2 Å². The van der Waals surface area contributed by atoms with Gasteiger partial charge < -0.3 is 40.3 Å². The molecule has 1 heterocycles. The molecule has 0 bridgehead atoms. The van der Waals surface area contributed by atoms with Crippen LogP contribution in [0, 0.1) is 5.92 Å². The van der Waals surface area contributed by atoms with E-state index in [1.807, 2.05) is 6.92 Å². The highest BCUT2D eigenvalue weighted by Crippen LogP contribution is 2.29. The van der Waals surface area contributed by atoms with Gasteiger partial charge in [0, 0.05) is 42.5 Å². The molecule has 11 nitrogen and oxygen atoms in total. The van der Waals surface area contributed by atoms with Crippen molar-refractivity contribution in [3.8, 4) is 11.5 Å². The molecule has 4 N–H and O–H groups in total. The average molecular weight is 596 g/mol. The third kappa shape index (κ3) is 8.76. The lowest BCUT2D eigenvalue weighted by Crippen LogP contribution is -2.48. The summed E-state index contributed by atoms with van der Waals surface area (Å²) in [7, 11) is 3.28. The summed E-state index contributed by atoms with van der Waals surface area (Å²) in [4.78, 5) is 42.5. The predicted octanol–water partition coefficient (Wildman–Crippen LogP) is 4.46. The standard InChI is InChI=1S/C32H45N5O6/c1-21-18-37(22(2)20-38)30(39)17-23-16-26(34-31(40)33-24-8-6-5-7-9-24)12-15-28(23)43-29(21)19-36(3)32(41)35-25-10-13-27(42-4)14-11-25/h10-16,21-22,24,29,38H,5-9,17-20H2,1-4H3,(H,35,41)(H2,33,34,40)/t21-,22+,29+/m0/s1. The van der Waals surface area contributed by atoms with E-state index in [0.717, 1.165) is 25.7 Å². The van der Waals surface area contributed by atoms with Crippen molar-refractivity contribution in [3.63, 3.8) is 0 Å². The second kappa shape index (κ2) is 15.0. The SMILES string of the molecule is COc1ccc(NC(=O)N(C)C[C@H]2Oc3ccc(NC(=O)NC4CCCCC4)cc3CC(=O)N([C@H](C)CO)C[C@@H]2C)cc1. The highest BCUT2D eigenvalue weighted by atomic mass is 16.5. The van der Waals surface area contributed by atoms with Gasteiger partial charge in [0.1, 0.15) is 17.6 Å². The van der Waals surface area contributed by atoms with E-state index in [-0.39, 0.29) is 49.5 Å². The minimum absolute atomic E-state index is 0.0483. The van der Waals surface area contributed by atoms with Gasteiger partial charge in [-0.2, -0.15) is 0 Å². The molecule has 3 atom stereocenters. The number of benzene rings is 2. The summed E-state index contributed by atoms with van der Waals surface area (Å²) in [5, 5.41) is 18.8. The zero-order valence-electron chi connectivity index (χ0n) is 25.6. The van der Waals surface area contributed by atoms with E-state index in [9.17, 15) is 19.5 Å².